The van der Waals surface area contributed by atoms with Gasteiger partial charge in [0, 0.05) is 64.6 Å². The summed E-state index contributed by atoms with van der Waals surface area (Å²) in [7, 11) is -1.89. The van der Waals surface area contributed by atoms with Crippen molar-refractivity contribution < 1.29 is 79.8 Å². The van der Waals surface area contributed by atoms with E-state index in [0.717, 1.165) is 61.1 Å². The van der Waals surface area contributed by atoms with E-state index < -0.39 is 85.9 Å². The molecule has 23 nitrogen and oxygen atoms in total. The zero-order chi connectivity index (χ0) is 68.6. The highest BCUT2D eigenvalue weighted by atomic mass is 35.5. The van der Waals surface area contributed by atoms with Gasteiger partial charge in [0.1, 0.15) is 58.4 Å². The second-order valence-electron chi connectivity index (χ2n) is 16.5. The van der Waals surface area contributed by atoms with E-state index in [0.29, 0.717) is 23.9 Å². The largest absolute Gasteiger partial charge is 0.491 e. The van der Waals surface area contributed by atoms with Crippen LogP contribution in [0.25, 0.3) is 22.5 Å². The molecule has 0 atom stereocenters. The van der Waals surface area contributed by atoms with Crippen molar-refractivity contribution in [3.05, 3.63) is 252 Å². The molecule has 9 aromatic rings. The molecule has 6 aromatic carbocycles. The first-order chi connectivity index (χ1) is 43.6. The normalized spacial score (nSPS) is 9.88. The third kappa shape index (κ3) is 24.6. The average molecular weight is 1340 g/mol. The molecule has 2 amide bonds. The number of ether oxygens (including phenoxy) is 3. The van der Waals surface area contributed by atoms with Gasteiger partial charge in [-0.1, -0.05) is 72.3 Å². The number of hydrogen-bond acceptors (Lipinski definition) is 21. The summed E-state index contributed by atoms with van der Waals surface area (Å²) in [6.45, 7) is 0. The summed E-state index contributed by atoms with van der Waals surface area (Å²) in [6.07, 6.45) is 3.06. The zero-order valence-electron chi connectivity index (χ0n) is 47.8. The fraction of sp³-hybridized carbons (Fsp3) is 0.0526. The maximum atomic E-state index is 14.4. The first-order valence-corrected chi connectivity index (χ1v) is 27.9. The summed E-state index contributed by atoms with van der Waals surface area (Å²) in [5.41, 5.74) is 7.78. The second kappa shape index (κ2) is 38.1. The smallest absolute Gasteiger partial charge is 0.423 e. The number of nitrogens with two attached hydrogens (primary N) is 2. The molecule has 3 aromatic heterocycles. The fourth-order valence-corrected chi connectivity index (χ4v) is 6.71. The van der Waals surface area contributed by atoms with Crippen LogP contribution in [0, 0.1) is 65.2 Å². The van der Waals surface area contributed by atoms with Crippen LogP contribution < -0.4 is 36.0 Å². The number of halogens is 8. The van der Waals surface area contributed by atoms with Crippen molar-refractivity contribution in [1.29, 1.82) is 1.12 Å². The molecule has 474 valence electrons. The van der Waals surface area contributed by atoms with Crippen molar-refractivity contribution >= 4 is 112 Å². The lowest BCUT2D eigenvalue weighted by molar-refractivity contribution is -0.384. The Kier molecular flexibility index (Phi) is 30.6. The van der Waals surface area contributed by atoms with Gasteiger partial charge in [-0.05, 0) is 104 Å². The topological polar surface area (TPSA) is 343 Å². The molecule has 0 bridgehead atoms. The minimum Gasteiger partial charge on any atom is -0.423 e. The number of carbonyl (C=O) groups is 3. The van der Waals surface area contributed by atoms with Crippen LogP contribution in [0.4, 0.5) is 75.2 Å². The summed E-state index contributed by atoms with van der Waals surface area (Å²) in [6, 6.07) is 39.0. The Bertz CT molecular complexity index is 3910. The Morgan fingerprint density at radius 3 is 1.26 bits per heavy atom. The van der Waals surface area contributed by atoms with E-state index in [1.807, 2.05) is 18.6 Å². The minimum atomic E-state index is -1.89. The number of thioether (sulfide) groups is 1. The Morgan fingerprint density at radius 2 is 0.912 bits per heavy atom. The van der Waals surface area contributed by atoms with Gasteiger partial charge in [-0.3, -0.25) is 30.3 Å². The van der Waals surface area contributed by atoms with E-state index >= 15 is 0 Å². The maximum absolute atomic E-state index is 14.4. The summed E-state index contributed by atoms with van der Waals surface area (Å²) in [5, 5.41) is 49.6. The Hall–Kier alpha value is -10.4. The monoisotopic (exact) mass is 1340 g/mol. The van der Waals surface area contributed by atoms with Crippen molar-refractivity contribution in [2.24, 2.45) is 0 Å². The third-order valence-corrected chi connectivity index (χ3v) is 10.6. The van der Waals surface area contributed by atoms with Crippen molar-refractivity contribution in [3.63, 3.8) is 0 Å². The molecule has 3 heterocycles. The van der Waals surface area contributed by atoms with Crippen LogP contribution in [-0.2, 0) is 0 Å². The third-order valence-electron chi connectivity index (χ3n) is 10.3. The zero-order valence-corrected chi connectivity index (χ0v) is 50.0. The maximum Gasteiger partial charge on any atom is 0.491 e. The molecule has 0 spiro atoms. The molecule has 0 aliphatic carbocycles. The summed E-state index contributed by atoms with van der Waals surface area (Å²) in [5.74, 6) is -5.83. The van der Waals surface area contributed by atoms with Gasteiger partial charge in [0.25, 0.3) is 0 Å². The number of rotatable bonds is 10. The number of nitrogen functional groups attached to an aromatic ring is 2. The van der Waals surface area contributed by atoms with E-state index in [-0.39, 0.29) is 72.5 Å². The van der Waals surface area contributed by atoms with Crippen LogP contribution in [0.2, 0.25) is 5.15 Å². The molecular weight excluding hydrogens is 1290 g/mol. The number of nitrogens with zero attached hydrogens (tertiary/aromatic N) is 7. The van der Waals surface area contributed by atoms with Gasteiger partial charge in [-0.15, -0.1) is 0 Å². The summed E-state index contributed by atoms with van der Waals surface area (Å²) >= 11 is 13.1. The van der Waals surface area contributed by atoms with Gasteiger partial charge in [0.2, 0.25) is 17.5 Å². The number of pyridine rings is 3. The van der Waals surface area contributed by atoms with E-state index in [2.05, 4.69) is 19.7 Å². The van der Waals surface area contributed by atoms with Crippen molar-refractivity contribution in [3.8, 4) is 39.8 Å². The van der Waals surface area contributed by atoms with Gasteiger partial charge in [0.15, 0.2) is 0 Å². The summed E-state index contributed by atoms with van der Waals surface area (Å²) < 4.78 is 99.8. The number of hydrogen-bond donors (Lipinski definition) is 5. The number of aromatic nitrogens is 3. The number of thiol groups is 1. The quantitative estimate of drug-likeness (QED) is 0.0161. The lowest BCUT2D eigenvalue weighted by atomic mass is 9.80. The molecule has 0 saturated carbocycles. The number of para-hydroxylation sites is 3. The van der Waals surface area contributed by atoms with Crippen LogP contribution in [0.1, 0.15) is 0 Å². The number of carbonyl (C=O) groups excluding carboxylic acids is 3. The minimum absolute atomic E-state index is 0.0259. The Labute approximate surface area is 532 Å². The standard InChI is InChI=1S/C25H15F2N3O6.C11H7F2N3O2.C7H5ClO2.C6H5BF2O2.C5H4ClN3O2.C2H6S.CH4S/c26-16-11-12-19(20(27)15-16)21-13-14-22(30(33)34)23(28-21)29(24(31)35-17-7-3-1-4-8-17)25(32)36-18-9-5-2-6-10-18;12-6-1-2-7(8(13)5-6)9-3-4-10(16(17)18)11(14)15-9;8-7(9)10-6-4-2-1-3-5-6;8-4-1-2-5(7(10)11)6(9)3-4;6-4-2-1-3(9(10)11)5(7)8-4;1-3-2;1-2/h1-15H;1-5H,(H2,14,15);1-5H;1-3,10-11H;1-2H,(H2,7,8);1-2H3;2H,1H3/i/hD. The summed E-state index contributed by atoms with van der Waals surface area (Å²) in [4.78, 5) is 78.1. The number of benzene rings is 6. The number of nitro groups is 3. The van der Waals surface area contributed by atoms with E-state index in [1.54, 1.807) is 78.7 Å². The second-order valence-corrected chi connectivity index (χ2v) is 18.0. The van der Waals surface area contributed by atoms with E-state index in [9.17, 15) is 71.1 Å². The first kappa shape index (κ1) is 73.1. The molecule has 0 aliphatic heterocycles. The van der Waals surface area contributed by atoms with Crippen LogP contribution in [0.15, 0.2) is 182 Å². The predicted molar refractivity (Wildman–Crippen MR) is 333 cm³/mol. The molecule has 91 heavy (non-hydrogen) atoms. The average Bonchev–Trinajstić information content (AvgIpc) is 0.815. The highest BCUT2D eigenvalue weighted by Crippen LogP contribution is 2.33. The number of anilines is 3. The van der Waals surface area contributed by atoms with Crippen molar-refractivity contribution in [1.82, 2.24) is 15.0 Å². The molecule has 9 rings (SSSR count). The lowest BCUT2D eigenvalue weighted by Crippen LogP contribution is -2.42. The van der Waals surface area contributed by atoms with Crippen LogP contribution in [0.5, 0.6) is 17.2 Å². The van der Waals surface area contributed by atoms with E-state index in [1.165, 1.54) is 48.5 Å². The van der Waals surface area contributed by atoms with Gasteiger partial charge in [0.05, 0.1) is 26.2 Å². The van der Waals surface area contributed by atoms with Gasteiger partial charge < -0.3 is 35.7 Å². The fourth-order valence-electron chi connectivity index (χ4n) is 6.47. The molecule has 34 heteroatoms. The van der Waals surface area contributed by atoms with Crippen LogP contribution >= 0.6 is 47.5 Å². The molecule has 6 N–H and O–H groups in total. The molecule has 0 saturated heterocycles. The molecule has 0 radical (unpaired) electrons. The van der Waals surface area contributed by atoms with Crippen molar-refractivity contribution in [2.45, 2.75) is 0 Å². The highest BCUT2D eigenvalue weighted by molar-refractivity contribution is 7.97. The lowest BCUT2D eigenvalue weighted by Gasteiger charge is -2.19. The van der Waals surface area contributed by atoms with Gasteiger partial charge in [-0.2, -0.15) is 29.2 Å². The Morgan fingerprint density at radius 1 is 0.560 bits per heavy atom. The van der Waals surface area contributed by atoms with E-state index in [4.69, 9.17) is 55.3 Å². The molecule has 0 aliphatic rings. The van der Waals surface area contributed by atoms with Crippen LogP contribution in [-0.4, -0.2) is 84.4 Å². The highest BCUT2D eigenvalue weighted by Gasteiger charge is 2.36. The van der Waals surface area contributed by atoms with Crippen LogP contribution in [0.3, 0.4) is 0 Å². The number of imide groups is 1. The van der Waals surface area contributed by atoms with Gasteiger partial charge >= 0.3 is 41.8 Å². The van der Waals surface area contributed by atoms with Crippen molar-refractivity contribution in [2.75, 3.05) is 35.1 Å². The predicted octanol–water partition coefficient (Wildman–Crippen LogP) is 13.5. The molecular formula is C57H46BCl2F6N9O14S2. The van der Waals surface area contributed by atoms with Gasteiger partial charge in [-0.25, -0.2) is 55.7 Å². The molecule has 0 fully saturated rings. The molecule has 0 unspecified atom stereocenters. The SMILES string of the molecule is CSC.Nc1nc(-c2ccc(F)cc2F)ccc1[N+](=O)[O-].Nc1nc(Cl)ccc1[N+](=O)[O-].O=C(Cl)Oc1ccccc1.O=C(Oc1ccccc1)N(C(=O)Oc1ccccc1)c1nc(-c2ccc(F)cc2F)ccc1[N+](=O)[O-].OB(O)c1ccc(F)cc1F.[2H]SC. The first-order valence-electron chi connectivity index (χ1n) is 25.1. The number of amides is 2. The Balaban J connectivity index is 0.000000327.